The monoisotopic (exact) mass is 466 g/mol. The summed E-state index contributed by atoms with van der Waals surface area (Å²) in [7, 11) is 3.90. The zero-order chi connectivity index (χ0) is 24.8. The zero-order valence-corrected chi connectivity index (χ0v) is 20.4. The number of hydrogen-bond donors (Lipinski definition) is 2. The first-order chi connectivity index (χ1) is 16.2. The number of carbonyl (C=O) groups excluding carboxylic acids is 2. The second-order valence-electron chi connectivity index (χ2n) is 8.92. The van der Waals surface area contributed by atoms with Crippen LogP contribution in [0.1, 0.15) is 48.9 Å². The number of phenolic OH excluding ortho intramolecular Hbond substituents is 1. The van der Waals surface area contributed by atoms with E-state index >= 15 is 0 Å². The molecule has 1 saturated heterocycles. The number of amides is 1. The van der Waals surface area contributed by atoms with Gasteiger partial charge >= 0.3 is 0 Å². The summed E-state index contributed by atoms with van der Waals surface area (Å²) in [6.45, 7) is 5.67. The van der Waals surface area contributed by atoms with Crippen LogP contribution in [0, 0.1) is 6.92 Å². The van der Waals surface area contributed by atoms with Gasteiger partial charge in [0.1, 0.15) is 17.3 Å². The van der Waals surface area contributed by atoms with Crippen molar-refractivity contribution >= 4 is 17.4 Å². The van der Waals surface area contributed by atoms with Crippen LogP contribution < -0.4 is 4.74 Å². The van der Waals surface area contributed by atoms with Gasteiger partial charge < -0.3 is 24.7 Å². The molecule has 7 nitrogen and oxygen atoms in total. The van der Waals surface area contributed by atoms with Crippen LogP contribution in [0.15, 0.2) is 48.0 Å². The van der Waals surface area contributed by atoms with Crippen molar-refractivity contribution in [1.29, 1.82) is 0 Å². The molecule has 1 atom stereocenters. The van der Waals surface area contributed by atoms with E-state index in [1.54, 1.807) is 24.3 Å². The largest absolute Gasteiger partial charge is 0.508 e. The Morgan fingerprint density at radius 2 is 1.79 bits per heavy atom. The number of nitrogens with zero attached hydrogens (tertiary/aromatic N) is 2. The minimum absolute atomic E-state index is 0.0586. The van der Waals surface area contributed by atoms with Crippen LogP contribution in [0.3, 0.4) is 0 Å². The van der Waals surface area contributed by atoms with Crippen molar-refractivity contribution in [2.24, 2.45) is 0 Å². The first-order valence-corrected chi connectivity index (χ1v) is 11.7. The fourth-order valence-electron chi connectivity index (χ4n) is 4.14. The highest BCUT2D eigenvalue weighted by Crippen LogP contribution is 2.40. The molecule has 1 amide bonds. The number of likely N-dealkylation sites (tertiary alicyclic amines) is 1. The molecule has 1 aliphatic heterocycles. The number of benzene rings is 2. The summed E-state index contributed by atoms with van der Waals surface area (Å²) in [4.78, 5) is 29.7. The predicted octanol–water partition coefficient (Wildman–Crippen LogP) is 4.25. The molecule has 2 aromatic carbocycles. The Morgan fingerprint density at radius 1 is 1.09 bits per heavy atom. The SMILES string of the molecule is CCCCOc1ccc(/C(O)=C2\C(=O)C(=O)N(CCCN(C)C)[C@H]2c2ccc(O)cc2)c(C)c1. The average molecular weight is 467 g/mol. The minimum atomic E-state index is -0.734. The van der Waals surface area contributed by atoms with E-state index in [-0.39, 0.29) is 17.1 Å². The normalized spacial score (nSPS) is 17.6. The third-order valence-electron chi connectivity index (χ3n) is 5.97. The first kappa shape index (κ1) is 25.3. The second-order valence-corrected chi connectivity index (χ2v) is 8.92. The molecule has 0 saturated carbocycles. The molecule has 0 radical (unpaired) electrons. The number of Topliss-reactive ketones (excluding diaryl/α,β-unsaturated/α-hetero) is 1. The van der Waals surface area contributed by atoms with Gasteiger partial charge in [0, 0.05) is 12.1 Å². The lowest BCUT2D eigenvalue weighted by Gasteiger charge is -2.26. The van der Waals surface area contributed by atoms with Gasteiger partial charge in [-0.15, -0.1) is 0 Å². The Morgan fingerprint density at radius 3 is 2.41 bits per heavy atom. The number of ketones is 1. The Bertz CT molecular complexity index is 1060. The van der Waals surface area contributed by atoms with Gasteiger partial charge in [0.05, 0.1) is 18.2 Å². The molecule has 0 spiro atoms. The smallest absolute Gasteiger partial charge is 0.295 e. The summed E-state index contributed by atoms with van der Waals surface area (Å²) in [6, 6.07) is 11.0. The maximum absolute atomic E-state index is 13.1. The molecule has 0 aromatic heterocycles. The minimum Gasteiger partial charge on any atom is -0.508 e. The third kappa shape index (κ3) is 5.59. The van der Waals surface area contributed by atoms with Crippen LogP contribution in [-0.4, -0.2) is 65.5 Å². The molecule has 1 fully saturated rings. The number of hydrogen-bond acceptors (Lipinski definition) is 6. The highest BCUT2D eigenvalue weighted by atomic mass is 16.5. The Hall–Kier alpha value is -3.32. The van der Waals surface area contributed by atoms with Crippen molar-refractivity contribution in [2.75, 3.05) is 33.8 Å². The van der Waals surface area contributed by atoms with Crippen molar-refractivity contribution in [1.82, 2.24) is 9.80 Å². The van der Waals surface area contributed by atoms with Crippen LogP contribution in [0.25, 0.3) is 5.76 Å². The van der Waals surface area contributed by atoms with Crippen LogP contribution in [0.5, 0.6) is 11.5 Å². The maximum Gasteiger partial charge on any atom is 0.295 e. The summed E-state index contributed by atoms with van der Waals surface area (Å²) in [5, 5.41) is 21.0. The fraction of sp³-hybridized carbons (Fsp3) is 0.407. The third-order valence-corrected chi connectivity index (χ3v) is 5.97. The van der Waals surface area contributed by atoms with Crippen LogP contribution in [0.4, 0.5) is 0 Å². The number of rotatable bonds is 10. The van der Waals surface area contributed by atoms with Crippen molar-refractivity contribution < 1.29 is 24.5 Å². The number of phenols is 1. The average Bonchev–Trinajstić information content (AvgIpc) is 3.04. The van der Waals surface area contributed by atoms with Crippen molar-refractivity contribution in [3.63, 3.8) is 0 Å². The van der Waals surface area contributed by atoms with Crippen LogP contribution in [0.2, 0.25) is 0 Å². The molecule has 2 aromatic rings. The van der Waals surface area contributed by atoms with Gasteiger partial charge in [-0.05, 0) is 81.9 Å². The van der Waals surface area contributed by atoms with Gasteiger partial charge in [-0.3, -0.25) is 9.59 Å². The lowest BCUT2D eigenvalue weighted by molar-refractivity contribution is -0.139. The maximum atomic E-state index is 13.1. The summed E-state index contributed by atoms with van der Waals surface area (Å²) < 4.78 is 5.75. The van der Waals surface area contributed by atoms with Gasteiger partial charge in [0.25, 0.3) is 11.7 Å². The lowest BCUT2D eigenvalue weighted by Crippen LogP contribution is -2.32. The number of aryl methyl sites for hydroxylation is 1. The lowest BCUT2D eigenvalue weighted by atomic mass is 9.93. The molecule has 7 heteroatoms. The number of carbonyl (C=O) groups is 2. The summed E-state index contributed by atoms with van der Waals surface area (Å²) in [6.07, 6.45) is 2.66. The molecule has 0 bridgehead atoms. The standard InChI is InChI=1S/C27H34N2O5/c1-5-6-16-34-21-12-13-22(18(2)17-21)25(31)23-24(19-8-10-20(30)11-9-19)29(27(33)26(23)32)15-7-14-28(3)4/h8-13,17,24,30-31H,5-7,14-16H2,1-4H3/b25-23+/t24-/m0/s1. The fourth-order valence-corrected chi connectivity index (χ4v) is 4.14. The zero-order valence-electron chi connectivity index (χ0n) is 20.4. The van der Waals surface area contributed by atoms with E-state index < -0.39 is 17.7 Å². The van der Waals surface area contributed by atoms with Gasteiger partial charge in [0.15, 0.2) is 0 Å². The quantitative estimate of drug-likeness (QED) is 0.235. The molecule has 3 rings (SSSR count). The van der Waals surface area contributed by atoms with E-state index in [1.807, 2.05) is 32.0 Å². The van der Waals surface area contributed by atoms with Crippen LogP contribution in [-0.2, 0) is 9.59 Å². The van der Waals surface area contributed by atoms with E-state index in [9.17, 15) is 19.8 Å². The molecule has 0 unspecified atom stereocenters. The number of aliphatic hydroxyl groups is 1. The van der Waals surface area contributed by atoms with E-state index in [0.717, 1.165) is 24.9 Å². The van der Waals surface area contributed by atoms with E-state index in [4.69, 9.17) is 4.74 Å². The molecule has 0 aliphatic carbocycles. The Kier molecular flexibility index (Phi) is 8.34. The van der Waals surface area contributed by atoms with E-state index in [2.05, 4.69) is 6.92 Å². The molecule has 1 aliphatic rings. The first-order valence-electron chi connectivity index (χ1n) is 11.7. The number of unbranched alkanes of at least 4 members (excludes halogenated alkanes) is 1. The van der Waals surface area contributed by atoms with E-state index in [0.29, 0.717) is 36.4 Å². The predicted molar refractivity (Wildman–Crippen MR) is 132 cm³/mol. The number of aromatic hydroxyl groups is 1. The highest BCUT2D eigenvalue weighted by Gasteiger charge is 2.45. The topological polar surface area (TPSA) is 90.3 Å². The van der Waals surface area contributed by atoms with Crippen LogP contribution >= 0.6 is 0 Å². The number of aliphatic hydroxyl groups excluding tert-OH is 1. The highest BCUT2D eigenvalue weighted by molar-refractivity contribution is 6.46. The molecular weight excluding hydrogens is 432 g/mol. The van der Waals surface area contributed by atoms with Gasteiger partial charge in [-0.1, -0.05) is 25.5 Å². The molecule has 182 valence electrons. The molecule has 1 heterocycles. The Balaban J connectivity index is 2.02. The van der Waals surface area contributed by atoms with Gasteiger partial charge in [-0.2, -0.15) is 0 Å². The summed E-state index contributed by atoms with van der Waals surface area (Å²) >= 11 is 0. The van der Waals surface area contributed by atoms with Crippen molar-refractivity contribution in [2.45, 2.75) is 39.2 Å². The molecule has 34 heavy (non-hydrogen) atoms. The molecular formula is C27H34N2O5. The Labute approximate surface area is 201 Å². The van der Waals surface area contributed by atoms with Crippen molar-refractivity contribution in [3.8, 4) is 11.5 Å². The summed E-state index contributed by atoms with van der Waals surface area (Å²) in [5.41, 5.74) is 1.94. The van der Waals surface area contributed by atoms with E-state index in [1.165, 1.54) is 17.0 Å². The molecule has 2 N–H and O–H groups in total. The summed E-state index contributed by atoms with van der Waals surface area (Å²) in [5.74, 6) is -0.757. The van der Waals surface area contributed by atoms with Crippen molar-refractivity contribution in [3.05, 3.63) is 64.7 Å². The van der Waals surface area contributed by atoms with Gasteiger partial charge in [-0.25, -0.2) is 0 Å². The number of ether oxygens (including phenoxy) is 1. The van der Waals surface area contributed by atoms with Gasteiger partial charge in [0.2, 0.25) is 0 Å². The second kappa shape index (κ2) is 11.2.